The van der Waals surface area contributed by atoms with E-state index in [0.29, 0.717) is 5.92 Å². The van der Waals surface area contributed by atoms with Gasteiger partial charge in [-0.1, -0.05) is 66.7 Å². The second-order valence-corrected chi connectivity index (χ2v) is 6.54. The van der Waals surface area contributed by atoms with E-state index >= 15 is 0 Å². The highest BCUT2D eigenvalue weighted by Gasteiger charge is 2.43. The number of hydrogen-bond acceptors (Lipinski definition) is 1. The fourth-order valence-corrected chi connectivity index (χ4v) is 4.26. The number of carbonyl (C=O) groups excluding carboxylic acids is 1. The molecule has 0 saturated heterocycles. The molecule has 2 heteroatoms. The first-order valence-corrected chi connectivity index (χ1v) is 8.41. The lowest BCUT2D eigenvalue weighted by Gasteiger charge is -2.37. The summed E-state index contributed by atoms with van der Waals surface area (Å²) in [5.41, 5.74) is 5.65. The van der Waals surface area contributed by atoms with Crippen LogP contribution in [-0.4, -0.2) is 5.91 Å². The Kier molecular flexibility index (Phi) is 2.86. The van der Waals surface area contributed by atoms with Gasteiger partial charge in [-0.05, 0) is 35.2 Å². The van der Waals surface area contributed by atoms with E-state index in [1.165, 1.54) is 11.1 Å². The van der Waals surface area contributed by atoms with Crippen LogP contribution < -0.4 is 4.90 Å². The molecule has 0 N–H and O–H groups in total. The van der Waals surface area contributed by atoms with Gasteiger partial charge in [-0.3, -0.25) is 4.79 Å². The van der Waals surface area contributed by atoms with Crippen LogP contribution in [0.15, 0.2) is 78.9 Å². The van der Waals surface area contributed by atoms with Crippen LogP contribution in [0.3, 0.4) is 0 Å². The second kappa shape index (κ2) is 5.07. The summed E-state index contributed by atoms with van der Waals surface area (Å²) in [6.45, 7) is 0. The molecule has 2 nitrogen and oxygen atoms in total. The van der Waals surface area contributed by atoms with E-state index in [1.54, 1.807) is 0 Å². The molecule has 0 spiro atoms. The van der Waals surface area contributed by atoms with Crippen LogP contribution in [0.25, 0.3) is 0 Å². The third-order valence-electron chi connectivity index (χ3n) is 5.31. The molecule has 3 aromatic carbocycles. The smallest absolute Gasteiger partial charge is 0.259 e. The van der Waals surface area contributed by atoms with Crippen LogP contribution in [0.1, 0.15) is 45.4 Å². The minimum absolute atomic E-state index is 0.133. The van der Waals surface area contributed by atoms with Gasteiger partial charge in [-0.15, -0.1) is 0 Å². The molecule has 1 amide bonds. The Hall–Kier alpha value is -2.87. The Bertz CT molecular complexity index is 931. The van der Waals surface area contributed by atoms with Crippen LogP contribution in [-0.2, 0) is 0 Å². The van der Waals surface area contributed by atoms with Crippen molar-refractivity contribution in [1.29, 1.82) is 0 Å². The Balaban J connectivity index is 1.72. The third-order valence-corrected chi connectivity index (χ3v) is 5.31. The summed E-state index contributed by atoms with van der Waals surface area (Å²) in [6.07, 6.45) is 0.934. The number of carbonyl (C=O) groups is 1. The Morgan fingerprint density at radius 2 is 1.42 bits per heavy atom. The standard InChI is InChI=1S/C22H17NO/c24-22-18-12-5-4-10-16(18)21-14-19(15-8-2-1-3-9-15)17-11-6-7-13-20(17)23(21)22/h1-13,19,21H,14H2. The number of hydrogen-bond donors (Lipinski definition) is 0. The van der Waals surface area contributed by atoms with Gasteiger partial charge in [-0.25, -0.2) is 0 Å². The zero-order valence-corrected chi connectivity index (χ0v) is 13.2. The van der Waals surface area contributed by atoms with Gasteiger partial charge in [0.05, 0.1) is 6.04 Å². The third kappa shape index (κ3) is 1.80. The van der Waals surface area contributed by atoms with Gasteiger partial charge >= 0.3 is 0 Å². The van der Waals surface area contributed by atoms with E-state index in [4.69, 9.17) is 0 Å². The fourth-order valence-electron chi connectivity index (χ4n) is 4.26. The zero-order chi connectivity index (χ0) is 16.1. The van der Waals surface area contributed by atoms with Crippen LogP contribution in [0.5, 0.6) is 0 Å². The van der Waals surface area contributed by atoms with Gasteiger partial charge in [-0.2, -0.15) is 0 Å². The van der Waals surface area contributed by atoms with Crippen molar-refractivity contribution < 1.29 is 4.79 Å². The fraction of sp³-hybridized carbons (Fsp3) is 0.136. The molecule has 2 aliphatic rings. The average molecular weight is 311 g/mol. The molecule has 2 aliphatic heterocycles. The van der Waals surface area contributed by atoms with Crippen molar-refractivity contribution in [3.05, 3.63) is 101 Å². The topological polar surface area (TPSA) is 20.3 Å². The molecule has 2 unspecified atom stereocenters. The van der Waals surface area contributed by atoms with Gasteiger partial charge in [0.25, 0.3) is 5.91 Å². The molecular weight excluding hydrogens is 294 g/mol. The number of nitrogens with zero attached hydrogens (tertiary/aromatic N) is 1. The molecule has 0 bridgehead atoms. The molecule has 3 aromatic rings. The minimum Gasteiger partial charge on any atom is -0.301 e. The first-order chi connectivity index (χ1) is 11.8. The molecule has 0 fully saturated rings. The van der Waals surface area contributed by atoms with Gasteiger partial charge in [0, 0.05) is 17.2 Å². The lowest BCUT2D eigenvalue weighted by Crippen LogP contribution is -2.33. The van der Waals surface area contributed by atoms with E-state index in [9.17, 15) is 4.79 Å². The predicted molar refractivity (Wildman–Crippen MR) is 95.3 cm³/mol. The van der Waals surface area contributed by atoms with Crippen LogP contribution in [0.4, 0.5) is 5.69 Å². The van der Waals surface area contributed by atoms with E-state index in [-0.39, 0.29) is 11.9 Å². The number of anilines is 1. The summed E-state index contributed by atoms with van der Waals surface area (Å²) in [7, 11) is 0. The largest absolute Gasteiger partial charge is 0.301 e. The maximum absolute atomic E-state index is 13.0. The molecule has 2 atom stereocenters. The average Bonchev–Trinajstić information content (AvgIpc) is 2.95. The summed E-state index contributed by atoms with van der Waals surface area (Å²) >= 11 is 0. The summed E-state index contributed by atoms with van der Waals surface area (Å²) < 4.78 is 0. The molecule has 24 heavy (non-hydrogen) atoms. The first kappa shape index (κ1) is 13.6. The summed E-state index contributed by atoms with van der Waals surface area (Å²) in [5.74, 6) is 0.456. The molecule has 5 rings (SSSR count). The molecule has 0 aromatic heterocycles. The highest BCUT2D eigenvalue weighted by atomic mass is 16.2. The number of rotatable bonds is 1. The molecule has 0 saturated carbocycles. The van der Waals surface area contributed by atoms with Crippen molar-refractivity contribution in [3.8, 4) is 0 Å². The van der Waals surface area contributed by atoms with E-state index in [0.717, 1.165) is 23.2 Å². The number of fused-ring (bicyclic) bond motifs is 5. The van der Waals surface area contributed by atoms with Gasteiger partial charge in [0.1, 0.15) is 0 Å². The highest BCUT2D eigenvalue weighted by molar-refractivity contribution is 6.11. The molecular formula is C22H17NO. The van der Waals surface area contributed by atoms with Gasteiger partial charge in [0.2, 0.25) is 0 Å². The van der Waals surface area contributed by atoms with Crippen LogP contribution in [0, 0.1) is 0 Å². The molecule has 0 aliphatic carbocycles. The van der Waals surface area contributed by atoms with Crippen molar-refractivity contribution in [3.63, 3.8) is 0 Å². The highest BCUT2D eigenvalue weighted by Crippen LogP contribution is 2.51. The minimum atomic E-state index is 0.133. The van der Waals surface area contributed by atoms with Crippen LogP contribution >= 0.6 is 0 Å². The SMILES string of the molecule is O=C1c2ccccc2C2CC(c3ccccc3)c3ccccc3N12. The zero-order valence-electron chi connectivity index (χ0n) is 13.2. The maximum Gasteiger partial charge on any atom is 0.259 e. The maximum atomic E-state index is 13.0. The van der Waals surface area contributed by atoms with Crippen molar-refractivity contribution in [1.82, 2.24) is 0 Å². The Morgan fingerprint density at radius 3 is 2.25 bits per heavy atom. The quantitative estimate of drug-likeness (QED) is 0.624. The van der Waals surface area contributed by atoms with Crippen molar-refractivity contribution in [2.24, 2.45) is 0 Å². The van der Waals surface area contributed by atoms with Crippen molar-refractivity contribution in [2.75, 3.05) is 4.90 Å². The molecule has 0 radical (unpaired) electrons. The number of amides is 1. The number of para-hydroxylation sites is 1. The van der Waals surface area contributed by atoms with E-state index in [2.05, 4.69) is 54.6 Å². The summed E-state index contributed by atoms with van der Waals surface area (Å²) in [6, 6.07) is 27.2. The normalized spacial score (nSPS) is 21.2. The number of benzene rings is 3. The Morgan fingerprint density at radius 1 is 0.750 bits per heavy atom. The molecule has 116 valence electrons. The van der Waals surface area contributed by atoms with Gasteiger partial charge < -0.3 is 4.90 Å². The lowest BCUT2D eigenvalue weighted by molar-refractivity contribution is 0.0988. The summed E-state index contributed by atoms with van der Waals surface area (Å²) in [5, 5.41) is 0. The van der Waals surface area contributed by atoms with E-state index in [1.807, 2.05) is 29.2 Å². The predicted octanol–water partition coefficient (Wildman–Crippen LogP) is 4.92. The second-order valence-electron chi connectivity index (χ2n) is 6.54. The first-order valence-electron chi connectivity index (χ1n) is 8.41. The van der Waals surface area contributed by atoms with Crippen LogP contribution in [0.2, 0.25) is 0 Å². The summed E-state index contributed by atoms with van der Waals surface area (Å²) in [4.78, 5) is 15.0. The van der Waals surface area contributed by atoms with Crippen molar-refractivity contribution in [2.45, 2.75) is 18.4 Å². The van der Waals surface area contributed by atoms with E-state index < -0.39 is 0 Å². The lowest BCUT2D eigenvalue weighted by atomic mass is 9.80. The molecule has 2 heterocycles. The van der Waals surface area contributed by atoms with Crippen molar-refractivity contribution >= 4 is 11.6 Å². The Labute approximate surface area is 141 Å². The monoisotopic (exact) mass is 311 g/mol. The van der Waals surface area contributed by atoms with Gasteiger partial charge in [0.15, 0.2) is 0 Å².